The van der Waals surface area contributed by atoms with Crippen LogP contribution in [0.1, 0.15) is 6.42 Å². The molecule has 1 aliphatic heterocycles. The van der Waals surface area contributed by atoms with Gasteiger partial charge in [0.05, 0.1) is 13.2 Å². The van der Waals surface area contributed by atoms with Crippen molar-refractivity contribution in [1.82, 2.24) is 5.32 Å². The molecule has 0 aromatic heterocycles. The van der Waals surface area contributed by atoms with Gasteiger partial charge in [-0.1, -0.05) is 0 Å². The smallest absolute Gasteiger partial charge is 0.322 e. The number of esters is 1. The molecule has 11 heavy (non-hydrogen) atoms. The minimum Gasteiger partial charge on any atom is -0.468 e. The van der Waals surface area contributed by atoms with Crippen molar-refractivity contribution in [3.63, 3.8) is 0 Å². The number of hydrogen-bond donors (Lipinski definition) is 2. The number of carbonyl (C=O) groups excluding carboxylic acids is 1. The van der Waals surface area contributed by atoms with Crippen LogP contribution in [0.3, 0.4) is 0 Å². The molecule has 0 radical (unpaired) electrons. The van der Waals surface area contributed by atoms with Crippen LogP contribution >= 0.6 is 12.4 Å². The van der Waals surface area contributed by atoms with Crippen molar-refractivity contribution in [1.29, 1.82) is 0 Å². The molecule has 1 saturated heterocycles. The van der Waals surface area contributed by atoms with Gasteiger partial charge in [0.2, 0.25) is 0 Å². The fourth-order valence-corrected chi connectivity index (χ4v) is 1.04. The molecule has 0 spiro atoms. The van der Waals surface area contributed by atoms with E-state index in [1.54, 1.807) is 0 Å². The van der Waals surface area contributed by atoms with Gasteiger partial charge in [-0.25, -0.2) is 0 Å². The first-order valence-electron chi connectivity index (χ1n) is 3.23. The van der Waals surface area contributed by atoms with Gasteiger partial charge in [-0.3, -0.25) is 4.79 Å². The standard InChI is InChI=1S/C6H11NO3.ClH/c1-10-6(9)5-2-4(8)3-7-5;/h4-5,7-8H,2-3H2,1H3;1H/t4-,5?;/m0./s1. The Hall–Kier alpha value is -0.320. The van der Waals surface area contributed by atoms with Crippen molar-refractivity contribution < 1.29 is 14.6 Å². The number of hydrogen-bond acceptors (Lipinski definition) is 4. The zero-order valence-corrected chi connectivity index (χ0v) is 7.06. The highest BCUT2D eigenvalue weighted by Gasteiger charge is 2.28. The number of aliphatic hydroxyl groups is 1. The second-order valence-electron chi connectivity index (χ2n) is 2.37. The lowest BCUT2D eigenvalue weighted by atomic mass is 10.2. The Morgan fingerprint density at radius 1 is 1.73 bits per heavy atom. The van der Waals surface area contributed by atoms with Crippen molar-refractivity contribution in [3.05, 3.63) is 0 Å². The number of ether oxygens (including phenoxy) is 1. The summed E-state index contributed by atoms with van der Waals surface area (Å²) in [6.07, 6.45) is 0.0660. The van der Waals surface area contributed by atoms with E-state index >= 15 is 0 Å². The molecule has 1 rings (SSSR count). The molecule has 1 unspecified atom stereocenters. The van der Waals surface area contributed by atoms with Crippen LogP contribution in [0.5, 0.6) is 0 Å². The number of rotatable bonds is 1. The molecule has 1 aliphatic rings. The summed E-state index contributed by atoms with van der Waals surface area (Å²) in [5.74, 6) is -0.295. The molecule has 4 nitrogen and oxygen atoms in total. The van der Waals surface area contributed by atoms with Gasteiger partial charge >= 0.3 is 5.97 Å². The van der Waals surface area contributed by atoms with Crippen molar-refractivity contribution in [2.24, 2.45) is 0 Å². The van der Waals surface area contributed by atoms with Crippen LogP contribution in [0.25, 0.3) is 0 Å². The van der Waals surface area contributed by atoms with Crippen molar-refractivity contribution >= 4 is 18.4 Å². The van der Waals surface area contributed by atoms with E-state index in [0.717, 1.165) is 0 Å². The first-order chi connectivity index (χ1) is 4.74. The molecular formula is C6H12ClNO3. The quantitative estimate of drug-likeness (QED) is 0.526. The molecule has 2 N–H and O–H groups in total. The maximum atomic E-state index is 10.8. The molecule has 66 valence electrons. The van der Waals surface area contributed by atoms with Crippen molar-refractivity contribution in [3.8, 4) is 0 Å². The first-order valence-corrected chi connectivity index (χ1v) is 3.23. The fraction of sp³-hybridized carbons (Fsp3) is 0.833. The highest BCUT2D eigenvalue weighted by molar-refractivity contribution is 5.85. The van der Waals surface area contributed by atoms with Crippen LogP contribution in [-0.4, -0.2) is 36.9 Å². The molecule has 0 saturated carbocycles. The zero-order valence-electron chi connectivity index (χ0n) is 6.24. The molecule has 0 aliphatic carbocycles. The number of β-amino-alcohol motifs (C(OH)–C–C–N with tert-alkyl or cyclic N) is 1. The Morgan fingerprint density at radius 2 is 2.36 bits per heavy atom. The first kappa shape index (κ1) is 10.7. The van der Waals surface area contributed by atoms with E-state index in [0.29, 0.717) is 13.0 Å². The maximum absolute atomic E-state index is 10.8. The minimum absolute atomic E-state index is 0. The summed E-state index contributed by atoms with van der Waals surface area (Å²) in [4.78, 5) is 10.8. The van der Waals surface area contributed by atoms with Gasteiger partial charge in [0, 0.05) is 13.0 Å². The van der Waals surface area contributed by atoms with Gasteiger partial charge in [-0.05, 0) is 0 Å². The summed E-state index contributed by atoms with van der Waals surface area (Å²) in [5.41, 5.74) is 0. The normalized spacial score (nSPS) is 29.3. The SMILES string of the molecule is COC(=O)C1C[C@H](O)CN1.Cl. The summed E-state index contributed by atoms with van der Waals surface area (Å²) in [7, 11) is 1.34. The summed E-state index contributed by atoms with van der Waals surface area (Å²) >= 11 is 0. The maximum Gasteiger partial charge on any atom is 0.322 e. The van der Waals surface area contributed by atoms with Crippen molar-refractivity contribution in [2.75, 3.05) is 13.7 Å². The number of halogens is 1. The third kappa shape index (κ3) is 2.65. The predicted molar refractivity (Wildman–Crippen MR) is 41.7 cm³/mol. The average molecular weight is 182 g/mol. The summed E-state index contributed by atoms with van der Waals surface area (Å²) in [5, 5.41) is 11.8. The summed E-state index contributed by atoms with van der Waals surface area (Å²) in [6.45, 7) is 0.486. The van der Waals surface area contributed by atoms with E-state index in [2.05, 4.69) is 10.1 Å². The van der Waals surface area contributed by atoms with Gasteiger partial charge in [0.25, 0.3) is 0 Å². The second-order valence-corrected chi connectivity index (χ2v) is 2.37. The molecule has 0 bridgehead atoms. The summed E-state index contributed by atoms with van der Waals surface area (Å²) < 4.78 is 4.47. The van der Waals surface area contributed by atoms with Crippen LogP contribution in [0, 0.1) is 0 Å². The lowest BCUT2D eigenvalue weighted by Crippen LogP contribution is -2.31. The topological polar surface area (TPSA) is 58.6 Å². The number of aliphatic hydroxyl groups excluding tert-OH is 1. The molecule has 5 heteroatoms. The summed E-state index contributed by atoms with van der Waals surface area (Å²) in [6, 6.07) is -0.306. The van der Waals surface area contributed by atoms with Gasteiger partial charge in [-0.15, -0.1) is 12.4 Å². The number of nitrogens with one attached hydrogen (secondary N) is 1. The van der Waals surface area contributed by atoms with Crippen molar-refractivity contribution in [2.45, 2.75) is 18.6 Å². The van der Waals surface area contributed by atoms with E-state index in [-0.39, 0.29) is 24.4 Å². The van der Waals surface area contributed by atoms with E-state index in [1.165, 1.54) is 7.11 Å². The Labute approximate surface area is 71.3 Å². The molecule has 1 heterocycles. The third-order valence-electron chi connectivity index (χ3n) is 1.59. The van der Waals surface area contributed by atoms with Gasteiger partial charge < -0.3 is 15.2 Å². The third-order valence-corrected chi connectivity index (χ3v) is 1.59. The predicted octanol–water partition coefficient (Wildman–Crippen LogP) is -0.696. The van der Waals surface area contributed by atoms with E-state index in [4.69, 9.17) is 5.11 Å². The highest BCUT2D eigenvalue weighted by Crippen LogP contribution is 2.06. The molecule has 1 fully saturated rings. The Morgan fingerprint density at radius 3 is 2.73 bits per heavy atom. The Balaban J connectivity index is 0.000001000. The lowest BCUT2D eigenvalue weighted by Gasteiger charge is -2.05. The Bertz CT molecular complexity index is 142. The van der Waals surface area contributed by atoms with Gasteiger partial charge in [0.15, 0.2) is 0 Å². The second kappa shape index (κ2) is 4.54. The monoisotopic (exact) mass is 181 g/mol. The lowest BCUT2D eigenvalue weighted by molar-refractivity contribution is -0.142. The molecule has 0 aromatic carbocycles. The van der Waals surface area contributed by atoms with E-state index in [1.807, 2.05) is 0 Å². The van der Waals surface area contributed by atoms with E-state index < -0.39 is 6.10 Å². The fourth-order valence-electron chi connectivity index (χ4n) is 1.04. The number of methoxy groups -OCH3 is 1. The molecular weight excluding hydrogens is 170 g/mol. The highest BCUT2D eigenvalue weighted by atomic mass is 35.5. The Kier molecular flexibility index (Phi) is 4.40. The molecule has 0 aromatic rings. The van der Waals surface area contributed by atoms with Crippen LogP contribution in [0.15, 0.2) is 0 Å². The van der Waals surface area contributed by atoms with Crippen LogP contribution in [0.4, 0.5) is 0 Å². The van der Waals surface area contributed by atoms with Gasteiger partial charge in [0.1, 0.15) is 6.04 Å². The molecule has 2 atom stereocenters. The minimum atomic E-state index is -0.399. The van der Waals surface area contributed by atoms with Crippen LogP contribution < -0.4 is 5.32 Å². The van der Waals surface area contributed by atoms with E-state index in [9.17, 15) is 4.79 Å². The van der Waals surface area contributed by atoms with Crippen LogP contribution in [-0.2, 0) is 9.53 Å². The van der Waals surface area contributed by atoms with Gasteiger partial charge in [-0.2, -0.15) is 0 Å². The van der Waals surface area contributed by atoms with Crippen LogP contribution in [0.2, 0.25) is 0 Å². The largest absolute Gasteiger partial charge is 0.468 e. The average Bonchev–Trinajstić information content (AvgIpc) is 2.34. The molecule has 0 amide bonds. The number of carbonyl (C=O) groups is 1. The zero-order chi connectivity index (χ0) is 7.56.